The molecule has 0 amide bonds. The van der Waals surface area contributed by atoms with E-state index in [1.165, 1.54) is 14.2 Å². The van der Waals surface area contributed by atoms with E-state index >= 15 is 0 Å². The number of carbonyl (C=O) groups excluding carboxylic acids is 2. The summed E-state index contributed by atoms with van der Waals surface area (Å²) in [7, 11) is 2.58. The van der Waals surface area contributed by atoms with Crippen molar-refractivity contribution in [2.24, 2.45) is 0 Å². The lowest BCUT2D eigenvalue weighted by Crippen LogP contribution is -2.32. The van der Waals surface area contributed by atoms with Crippen LogP contribution in [0.2, 0.25) is 0 Å². The van der Waals surface area contributed by atoms with Crippen LogP contribution in [-0.2, 0) is 30.2 Å². The van der Waals surface area contributed by atoms with Crippen LogP contribution in [0.5, 0.6) is 0 Å². The summed E-state index contributed by atoms with van der Waals surface area (Å²) in [6.45, 7) is 0. The zero-order valence-corrected chi connectivity index (χ0v) is 13.7. The number of methoxy groups -OCH3 is 2. The third-order valence-corrected chi connectivity index (χ3v) is 4.45. The highest BCUT2D eigenvalue weighted by Crippen LogP contribution is 2.46. The van der Waals surface area contributed by atoms with Gasteiger partial charge in [-0.25, -0.2) is 9.59 Å². The zero-order valence-electron chi connectivity index (χ0n) is 13.7. The minimum atomic E-state index is -0.898. The predicted molar refractivity (Wildman–Crippen MR) is 84.1 cm³/mol. The predicted octanol–water partition coefficient (Wildman–Crippen LogP) is 2.34. The molecule has 3 heterocycles. The molecule has 128 valence electrons. The Kier molecular flexibility index (Phi) is 4.57. The highest BCUT2D eigenvalue weighted by atomic mass is 16.6. The second-order valence-corrected chi connectivity index (χ2v) is 5.85. The van der Waals surface area contributed by atoms with E-state index in [-0.39, 0.29) is 11.1 Å². The molecule has 0 N–H and O–H groups in total. The molecule has 3 rings (SSSR count). The maximum absolute atomic E-state index is 12.2. The Bertz CT molecular complexity index is 684. The second-order valence-electron chi connectivity index (χ2n) is 5.85. The van der Waals surface area contributed by atoms with Crippen LogP contribution in [0.15, 0.2) is 46.1 Å². The van der Waals surface area contributed by atoms with Crippen LogP contribution in [0.4, 0.5) is 0 Å². The van der Waals surface area contributed by atoms with Crippen molar-refractivity contribution in [3.8, 4) is 0 Å². The van der Waals surface area contributed by atoms with Gasteiger partial charge < -0.3 is 18.6 Å². The van der Waals surface area contributed by atoms with E-state index in [0.29, 0.717) is 6.42 Å². The molecule has 2 bridgehead atoms. The number of ether oxygens (including phenoxy) is 3. The van der Waals surface area contributed by atoms with E-state index in [0.717, 1.165) is 25.0 Å². The van der Waals surface area contributed by atoms with Crippen LogP contribution in [0.25, 0.3) is 0 Å². The molecular formula is C18H20O6. The van der Waals surface area contributed by atoms with E-state index in [1.54, 1.807) is 12.3 Å². The van der Waals surface area contributed by atoms with Crippen molar-refractivity contribution < 1.29 is 28.2 Å². The molecule has 24 heavy (non-hydrogen) atoms. The standard InChI is InChI=1S/C18H20O6/c1-21-16(19)14-13-8-10-18(24-13,15(14)17(20)22-2)9-4-3-6-12-7-5-11-23-12/h5,7-8,10-11,13H,3-4,6,9H2,1-2H3/t13-,18+/m0/s1. The first-order chi connectivity index (χ1) is 11.6. The molecule has 0 unspecified atom stereocenters. The Morgan fingerprint density at radius 3 is 2.67 bits per heavy atom. The van der Waals surface area contributed by atoms with Gasteiger partial charge in [0.25, 0.3) is 0 Å². The SMILES string of the molecule is COC(=O)C1=C(C(=O)OC)[C@@]2(CCCCc3ccco3)C=C[C@@H]1O2. The summed E-state index contributed by atoms with van der Waals surface area (Å²) in [6, 6.07) is 3.80. The minimum Gasteiger partial charge on any atom is -0.469 e. The van der Waals surface area contributed by atoms with Gasteiger partial charge in [-0.15, -0.1) is 0 Å². The number of aryl methyl sites for hydroxylation is 1. The van der Waals surface area contributed by atoms with Crippen molar-refractivity contribution in [2.45, 2.75) is 37.4 Å². The summed E-state index contributed by atoms with van der Waals surface area (Å²) in [4.78, 5) is 24.3. The van der Waals surface area contributed by atoms with Gasteiger partial charge in [0.05, 0.1) is 31.6 Å². The molecule has 0 radical (unpaired) electrons. The van der Waals surface area contributed by atoms with Crippen molar-refractivity contribution in [3.05, 3.63) is 47.5 Å². The number of hydrogen-bond acceptors (Lipinski definition) is 6. The zero-order chi connectivity index (χ0) is 17.2. The number of esters is 2. The van der Waals surface area contributed by atoms with Crippen LogP contribution >= 0.6 is 0 Å². The van der Waals surface area contributed by atoms with Gasteiger partial charge in [0, 0.05) is 6.42 Å². The van der Waals surface area contributed by atoms with Gasteiger partial charge in [0.15, 0.2) is 0 Å². The lowest BCUT2D eigenvalue weighted by Gasteiger charge is -2.25. The molecule has 0 spiro atoms. The smallest absolute Gasteiger partial charge is 0.337 e. The number of fused-ring (bicyclic) bond motifs is 2. The van der Waals surface area contributed by atoms with Crippen LogP contribution in [0.3, 0.4) is 0 Å². The summed E-state index contributed by atoms with van der Waals surface area (Å²) >= 11 is 0. The van der Waals surface area contributed by atoms with E-state index < -0.39 is 23.6 Å². The first-order valence-corrected chi connectivity index (χ1v) is 7.92. The Morgan fingerprint density at radius 1 is 1.21 bits per heavy atom. The molecule has 1 aromatic rings. The lowest BCUT2D eigenvalue weighted by molar-refractivity contribution is -0.139. The largest absolute Gasteiger partial charge is 0.469 e. The van der Waals surface area contributed by atoms with Crippen molar-refractivity contribution in [1.29, 1.82) is 0 Å². The monoisotopic (exact) mass is 332 g/mol. The van der Waals surface area contributed by atoms with Crippen molar-refractivity contribution in [1.82, 2.24) is 0 Å². The molecule has 0 fully saturated rings. The molecular weight excluding hydrogens is 312 g/mol. The van der Waals surface area contributed by atoms with Gasteiger partial charge >= 0.3 is 11.9 Å². The highest BCUT2D eigenvalue weighted by Gasteiger charge is 2.53. The molecule has 0 saturated carbocycles. The van der Waals surface area contributed by atoms with Gasteiger partial charge in [-0.05, 0) is 37.5 Å². The minimum absolute atomic E-state index is 0.248. The van der Waals surface area contributed by atoms with Crippen molar-refractivity contribution in [3.63, 3.8) is 0 Å². The van der Waals surface area contributed by atoms with Crippen LogP contribution in [0, 0.1) is 0 Å². The van der Waals surface area contributed by atoms with Gasteiger partial charge in [0.1, 0.15) is 17.5 Å². The molecule has 0 aromatic carbocycles. The lowest BCUT2D eigenvalue weighted by atomic mass is 9.83. The Balaban J connectivity index is 1.74. The molecule has 6 heteroatoms. The van der Waals surface area contributed by atoms with Crippen LogP contribution in [0.1, 0.15) is 25.0 Å². The van der Waals surface area contributed by atoms with Crippen molar-refractivity contribution in [2.75, 3.05) is 14.2 Å². The quantitative estimate of drug-likeness (QED) is 0.433. The fourth-order valence-electron chi connectivity index (χ4n) is 3.34. The summed E-state index contributed by atoms with van der Waals surface area (Å²) < 4.78 is 20.9. The normalized spacial score (nSPS) is 24.5. The second kappa shape index (κ2) is 6.65. The number of furan rings is 1. The number of unbranched alkanes of at least 4 members (excludes halogenated alkanes) is 1. The molecule has 2 aliphatic rings. The van der Waals surface area contributed by atoms with E-state index in [1.807, 2.05) is 18.2 Å². The van der Waals surface area contributed by atoms with Crippen molar-refractivity contribution >= 4 is 11.9 Å². The first-order valence-electron chi connectivity index (χ1n) is 7.92. The summed E-state index contributed by atoms with van der Waals surface area (Å²) in [5, 5.41) is 0. The van der Waals surface area contributed by atoms with E-state index in [9.17, 15) is 9.59 Å². The highest BCUT2D eigenvalue weighted by molar-refractivity contribution is 6.05. The molecule has 6 nitrogen and oxygen atoms in total. The van der Waals surface area contributed by atoms with E-state index in [4.69, 9.17) is 18.6 Å². The first kappa shape index (κ1) is 16.5. The Morgan fingerprint density at radius 2 is 2.00 bits per heavy atom. The van der Waals surface area contributed by atoms with E-state index in [2.05, 4.69) is 0 Å². The fraction of sp³-hybridized carbons (Fsp3) is 0.444. The summed E-state index contributed by atoms with van der Waals surface area (Å²) in [6.07, 6.45) is 7.86. The third kappa shape index (κ3) is 2.78. The average molecular weight is 332 g/mol. The van der Waals surface area contributed by atoms with Gasteiger partial charge in [0.2, 0.25) is 0 Å². The molecule has 1 aromatic heterocycles. The van der Waals surface area contributed by atoms with Gasteiger partial charge in [-0.1, -0.05) is 6.08 Å². The number of carbonyl (C=O) groups is 2. The topological polar surface area (TPSA) is 75.0 Å². The van der Waals surface area contributed by atoms with Gasteiger partial charge in [-0.2, -0.15) is 0 Å². The maximum Gasteiger partial charge on any atom is 0.337 e. The Hall–Kier alpha value is -2.34. The maximum atomic E-state index is 12.2. The molecule has 0 saturated heterocycles. The van der Waals surface area contributed by atoms with Crippen LogP contribution in [-0.4, -0.2) is 37.9 Å². The molecule has 0 aliphatic carbocycles. The third-order valence-electron chi connectivity index (χ3n) is 4.45. The summed E-state index contributed by atoms with van der Waals surface area (Å²) in [5.74, 6) is -0.172. The number of rotatable bonds is 7. The Labute approximate surface area is 140 Å². The van der Waals surface area contributed by atoms with Crippen LogP contribution < -0.4 is 0 Å². The summed E-state index contributed by atoms with van der Waals surface area (Å²) in [5.41, 5.74) is -0.384. The van der Waals surface area contributed by atoms with Gasteiger partial charge in [-0.3, -0.25) is 0 Å². The molecule has 2 aliphatic heterocycles. The number of hydrogen-bond donors (Lipinski definition) is 0. The fourth-order valence-corrected chi connectivity index (χ4v) is 3.34. The average Bonchev–Trinajstić information content (AvgIpc) is 3.32. The molecule has 2 atom stereocenters.